The van der Waals surface area contributed by atoms with Crippen LogP contribution in [0.25, 0.3) is 17.4 Å². The van der Waals surface area contributed by atoms with Gasteiger partial charge < -0.3 is 9.15 Å². The van der Waals surface area contributed by atoms with Crippen molar-refractivity contribution < 1.29 is 13.9 Å². The second-order valence-electron chi connectivity index (χ2n) is 8.03. The Hall–Kier alpha value is -3.20. The third kappa shape index (κ3) is 4.52. The summed E-state index contributed by atoms with van der Waals surface area (Å²) in [6, 6.07) is 17.9. The van der Waals surface area contributed by atoms with E-state index in [-0.39, 0.29) is 12.2 Å². The Kier molecular flexibility index (Phi) is 6.83. The molecule has 0 fully saturated rings. The van der Waals surface area contributed by atoms with E-state index in [9.17, 15) is 9.59 Å². The number of hydrogen-bond acceptors (Lipinski definition) is 6. The molecular formula is C27H20BrClN2O4S. The largest absolute Gasteiger partial charge is 0.463 e. The summed E-state index contributed by atoms with van der Waals surface area (Å²) in [5.74, 6) is 0.702. The highest BCUT2D eigenvalue weighted by atomic mass is 79.9. The number of aromatic nitrogens is 1. The van der Waals surface area contributed by atoms with E-state index in [4.69, 9.17) is 20.8 Å². The fourth-order valence-corrected chi connectivity index (χ4v) is 5.64. The first kappa shape index (κ1) is 24.5. The minimum Gasteiger partial charge on any atom is -0.463 e. The first-order chi connectivity index (χ1) is 17.4. The monoisotopic (exact) mass is 582 g/mol. The number of ether oxygens (including phenoxy) is 1. The van der Waals surface area contributed by atoms with Gasteiger partial charge in [0.05, 0.1) is 22.4 Å². The lowest BCUT2D eigenvalue weighted by atomic mass is 9.96. The molecule has 5 rings (SSSR count). The number of furan rings is 1. The van der Waals surface area contributed by atoms with Gasteiger partial charge in [0.1, 0.15) is 17.6 Å². The lowest BCUT2D eigenvalue weighted by Gasteiger charge is -2.25. The number of allylic oxidation sites excluding steroid dienone is 1. The maximum atomic E-state index is 13.7. The first-order valence-electron chi connectivity index (χ1n) is 11.2. The molecule has 1 unspecified atom stereocenters. The van der Waals surface area contributed by atoms with E-state index in [2.05, 4.69) is 20.9 Å². The van der Waals surface area contributed by atoms with E-state index in [0.717, 1.165) is 10.0 Å². The number of nitrogens with zero attached hydrogens (tertiary/aromatic N) is 2. The summed E-state index contributed by atoms with van der Waals surface area (Å²) in [4.78, 5) is 31.7. The molecule has 0 saturated carbocycles. The number of hydrogen-bond donors (Lipinski definition) is 0. The van der Waals surface area contributed by atoms with Crippen molar-refractivity contribution in [2.45, 2.75) is 19.9 Å². The summed E-state index contributed by atoms with van der Waals surface area (Å²) in [7, 11) is 0. The molecule has 4 aromatic rings. The van der Waals surface area contributed by atoms with Crippen LogP contribution >= 0.6 is 38.9 Å². The van der Waals surface area contributed by atoms with Gasteiger partial charge >= 0.3 is 5.97 Å². The van der Waals surface area contributed by atoms with Crippen LogP contribution in [0.2, 0.25) is 5.02 Å². The lowest BCUT2D eigenvalue weighted by Crippen LogP contribution is -2.40. The predicted octanol–water partition coefficient (Wildman–Crippen LogP) is 5.47. The molecule has 0 spiro atoms. The van der Waals surface area contributed by atoms with Crippen LogP contribution in [0.4, 0.5) is 0 Å². The van der Waals surface area contributed by atoms with Crippen LogP contribution in [0.3, 0.4) is 0 Å². The number of fused-ring (bicyclic) bond motifs is 1. The molecule has 36 heavy (non-hydrogen) atoms. The van der Waals surface area contributed by atoms with Gasteiger partial charge in [0.25, 0.3) is 5.56 Å². The van der Waals surface area contributed by atoms with E-state index in [1.165, 1.54) is 15.9 Å². The van der Waals surface area contributed by atoms with Crippen LogP contribution in [0.1, 0.15) is 31.2 Å². The Balaban J connectivity index is 1.65. The Morgan fingerprint density at radius 2 is 1.94 bits per heavy atom. The first-order valence-corrected chi connectivity index (χ1v) is 13.2. The van der Waals surface area contributed by atoms with Gasteiger partial charge in [0.15, 0.2) is 4.80 Å². The Labute approximate surface area is 224 Å². The van der Waals surface area contributed by atoms with Gasteiger partial charge in [-0.25, -0.2) is 9.79 Å². The van der Waals surface area contributed by atoms with Crippen molar-refractivity contribution in [1.29, 1.82) is 0 Å². The Morgan fingerprint density at radius 3 is 2.67 bits per heavy atom. The molecule has 0 N–H and O–H groups in total. The number of halogens is 2. The second-order valence-corrected chi connectivity index (χ2v) is 10.4. The molecule has 3 heterocycles. The fraction of sp³-hybridized carbons (Fsp3) is 0.148. The number of carbonyl (C=O) groups is 1. The molecule has 6 nitrogen and oxygen atoms in total. The maximum Gasteiger partial charge on any atom is 0.338 e. The van der Waals surface area contributed by atoms with Crippen LogP contribution in [-0.4, -0.2) is 17.1 Å². The molecule has 0 aliphatic carbocycles. The van der Waals surface area contributed by atoms with Crippen LogP contribution in [0, 0.1) is 0 Å². The summed E-state index contributed by atoms with van der Waals surface area (Å²) in [6.45, 7) is 3.68. The standard InChI is InChI=1S/C27H20BrClN2O4S/c1-3-34-26(33)23-15(2)30-27-31(24(23)19-6-4-5-7-20(19)29)25(32)22(36-27)14-18-12-13-21(35-18)16-8-10-17(28)11-9-16/h4-14,24H,3H2,1-2H3/b22-14-. The van der Waals surface area contributed by atoms with Crippen molar-refractivity contribution in [3.8, 4) is 11.3 Å². The molecule has 2 aromatic heterocycles. The number of benzene rings is 2. The summed E-state index contributed by atoms with van der Waals surface area (Å²) in [6.07, 6.45) is 1.69. The molecule has 0 radical (unpaired) electrons. The molecule has 9 heteroatoms. The molecule has 0 amide bonds. The van der Waals surface area contributed by atoms with Gasteiger partial charge in [0.2, 0.25) is 0 Å². The zero-order chi connectivity index (χ0) is 25.4. The van der Waals surface area contributed by atoms with Crippen LogP contribution in [0.15, 0.2) is 90.6 Å². The van der Waals surface area contributed by atoms with E-state index in [0.29, 0.717) is 42.7 Å². The van der Waals surface area contributed by atoms with Crippen molar-refractivity contribution >= 4 is 50.9 Å². The topological polar surface area (TPSA) is 73.8 Å². The predicted molar refractivity (Wildman–Crippen MR) is 144 cm³/mol. The smallest absolute Gasteiger partial charge is 0.338 e. The van der Waals surface area contributed by atoms with Crippen molar-refractivity contribution in [1.82, 2.24) is 4.57 Å². The van der Waals surface area contributed by atoms with Crippen LogP contribution < -0.4 is 14.9 Å². The van der Waals surface area contributed by atoms with Crippen molar-refractivity contribution in [3.63, 3.8) is 0 Å². The highest BCUT2D eigenvalue weighted by molar-refractivity contribution is 9.10. The quantitative estimate of drug-likeness (QED) is 0.292. The molecule has 0 bridgehead atoms. The zero-order valence-corrected chi connectivity index (χ0v) is 22.5. The summed E-state index contributed by atoms with van der Waals surface area (Å²) >= 11 is 11.2. The normalized spacial score (nSPS) is 15.6. The van der Waals surface area contributed by atoms with E-state index in [1.54, 1.807) is 38.1 Å². The number of carbonyl (C=O) groups excluding carboxylic acids is 1. The van der Waals surface area contributed by atoms with Crippen LogP contribution in [0.5, 0.6) is 0 Å². The van der Waals surface area contributed by atoms with E-state index in [1.807, 2.05) is 42.5 Å². The van der Waals surface area contributed by atoms with Gasteiger partial charge in [0, 0.05) is 21.1 Å². The average Bonchev–Trinajstić information content (AvgIpc) is 3.44. The van der Waals surface area contributed by atoms with E-state index >= 15 is 0 Å². The number of esters is 1. The minimum absolute atomic E-state index is 0.203. The third-order valence-electron chi connectivity index (χ3n) is 5.75. The molecule has 1 atom stereocenters. The van der Waals surface area contributed by atoms with Gasteiger partial charge in [-0.1, -0.05) is 69.2 Å². The lowest BCUT2D eigenvalue weighted by molar-refractivity contribution is -0.139. The van der Waals surface area contributed by atoms with Crippen molar-refractivity contribution in [2.24, 2.45) is 4.99 Å². The Bertz CT molecular complexity index is 1680. The average molecular weight is 584 g/mol. The minimum atomic E-state index is -0.758. The molecule has 0 saturated heterocycles. The molecule has 2 aromatic carbocycles. The summed E-state index contributed by atoms with van der Waals surface area (Å²) in [5.41, 5.74) is 2.04. The molecular weight excluding hydrogens is 564 g/mol. The highest BCUT2D eigenvalue weighted by Crippen LogP contribution is 2.34. The molecule has 1 aliphatic heterocycles. The Morgan fingerprint density at radius 1 is 1.19 bits per heavy atom. The van der Waals surface area contributed by atoms with E-state index < -0.39 is 12.0 Å². The fourth-order valence-electron chi connectivity index (χ4n) is 4.11. The van der Waals surface area contributed by atoms with Crippen molar-refractivity contribution in [2.75, 3.05) is 6.61 Å². The molecule has 1 aliphatic rings. The summed E-state index contributed by atoms with van der Waals surface area (Å²) in [5, 5.41) is 0.443. The summed E-state index contributed by atoms with van der Waals surface area (Å²) < 4.78 is 14.2. The maximum absolute atomic E-state index is 13.7. The third-order valence-corrected chi connectivity index (χ3v) is 7.60. The number of thiazole rings is 1. The zero-order valence-electron chi connectivity index (χ0n) is 19.3. The highest BCUT2D eigenvalue weighted by Gasteiger charge is 2.34. The van der Waals surface area contributed by atoms with Gasteiger partial charge in [-0.15, -0.1) is 0 Å². The SMILES string of the molecule is CCOC(=O)C1=C(C)N=c2s/c(=C\c3ccc(-c4ccc(Br)cc4)o3)c(=O)n2C1c1ccccc1Cl. The second kappa shape index (κ2) is 10.0. The van der Waals surface area contributed by atoms with Gasteiger partial charge in [-0.3, -0.25) is 9.36 Å². The van der Waals surface area contributed by atoms with Gasteiger partial charge in [-0.2, -0.15) is 0 Å². The molecule has 182 valence electrons. The van der Waals surface area contributed by atoms with Crippen LogP contribution in [-0.2, 0) is 9.53 Å². The van der Waals surface area contributed by atoms with Gasteiger partial charge in [-0.05, 0) is 49.7 Å². The number of rotatable bonds is 5. The van der Waals surface area contributed by atoms with Crippen molar-refractivity contribution in [3.05, 3.63) is 112 Å².